The van der Waals surface area contributed by atoms with Gasteiger partial charge in [0.2, 0.25) is 0 Å². The Hall–Kier alpha value is -3.12. The molecular weight excluding hydrogens is 344 g/mol. The monoisotopic (exact) mass is 366 g/mol. The Morgan fingerprint density at radius 2 is 1.93 bits per heavy atom. The normalized spacial score (nSPS) is 10.8. The van der Waals surface area contributed by atoms with Gasteiger partial charge in [-0.2, -0.15) is 0 Å². The summed E-state index contributed by atoms with van der Waals surface area (Å²) >= 11 is 0. The number of aromatic carboxylic acids is 1. The van der Waals surface area contributed by atoms with E-state index in [2.05, 4.69) is 10.3 Å². The highest BCUT2D eigenvalue weighted by molar-refractivity contribution is 6.07. The summed E-state index contributed by atoms with van der Waals surface area (Å²) in [5.74, 6) is -0.439. The highest BCUT2D eigenvalue weighted by atomic mass is 16.5. The average molecular weight is 366 g/mol. The van der Waals surface area contributed by atoms with Gasteiger partial charge in [-0.05, 0) is 24.6 Å². The van der Waals surface area contributed by atoms with Crippen molar-refractivity contribution in [3.63, 3.8) is 0 Å². The first-order valence-corrected chi connectivity index (χ1v) is 8.61. The van der Waals surface area contributed by atoms with Crippen LogP contribution in [0.25, 0.3) is 10.9 Å². The quantitative estimate of drug-likeness (QED) is 0.653. The standard InChI is InChI=1S/C21H22N2O4/c1-13-7-4-5-9-15(13)22-20-14-8-6-10-17(27-3)19(14)23-16(11-12-26-2)18(20)21(24)25/h4-10H,11-12H2,1-3H3,(H,22,23)(H,24,25). The number of anilines is 2. The van der Waals surface area contributed by atoms with Crippen molar-refractivity contribution in [2.45, 2.75) is 13.3 Å². The third-order valence-electron chi connectivity index (χ3n) is 4.44. The maximum absolute atomic E-state index is 12.1. The third kappa shape index (κ3) is 3.71. The number of methoxy groups -OCH3 is 2. The molecule has 27 heavy (non-hydrogen) atoms. The molecule has 3 rings (SSSR count). The summed E-state index contributed by atoms with van der Waals surface area (Å²) in [6.45, 7) is 2.34. The molecule has 2 N–H and O–H groups in total. The van der Waals surface area contributed by atoms with Crippen molar-refractivity contribution in [2.75, 3.05) is 26.1 Å². The van der Waals surface area contributed by atoms with Gasteiger partial charge in [-0.15, -0.1) is 0 Å². The zero-order valence-electron chi connectivity index (χ0n) is 15.6. The molecule has 0 aliphatic rings. The summed E-state index contributed by atoms with van der Waals surface area (Å²) in [4.78, 5) is 16.7. The summed E-state index contributed by atoms with van der Waals surface area (Å²) in [6.07, 6.45) is 0.384. The minimum Gasteiger partial charge on any atom is -0.494 e. The fraction of sp³-hybridized carbons (Fsp3) is 0.238. The Labute approximate surface area is 157 Å². The van der Waals surface area contributed by atoms with E-state index in [1.54, 1.807) is 14.2 Å². The molecule has 0 aliphatic heterocycles. The van der Waals surface area contributed by atoms with Crippen LogP contribution in [0.4, 0.5) is 11.4 Å². The zero-order chi connectivity index (χ0) is 19.4. The number of para-hydroxylation sites is 2. The maximum atomic E-state index is 12.1. The SMILES string of the molecule is COCCc1nc2c(OC)cccc2c(Nc2ccccc2C)c1C(=O)O. The lowest BCUT2D eigenvalue weighted by Gasteiger charge is -2.18. The Morgan fingerprint density at radius 3 is 2.59 bits per heavy atom. The molecule has 0 fully saturated rings. The number of carboxylic acids is 1. The van der Waals surface area contributed by atoms with E-state index in [-0.39, 0.29) is 5.56 Å². The van der Waals surface area contributed by atoms with Crippen molar-refractivity contribution in [1.82, 2.24) is 4.98 Å². The minimum atomic E-state index is -1.03. The largest absolute Gasteiger partial charge is 0.494 e. The minimum absolute atomic E-state index is 0.149. The number of carboxylic acid groups (broad SMARTS) is 1. The number of aryl methyl sites for hydroxylation is 1. The van der Waals surface area contributed by atoms with Gasteiger partial charge in [0, 0.05) is 24.6 Å². The first-order chi connectivity index (χ1) is 13.1. The predicted octanol–water partition coefficient (Wildman–Crippen LogP) is 4.18. The van der Waals surface area contributed by atoms with Crippen molar-refractivity contribution in [3.05, 3.63) is 59.3 Å². The fourth-order valence-electron chi connectivity index (χ4n) is 3.06. The Balaban J connectivity index is 2.31. The number of pyridine rings is 1. The molecule has 0 spiro atoms. The number of aromatic nitrogens is 1. The number of nitrogens with one attached hydrogen (secondary N) is 1. The molecule has 1 aromatic heterocycles. The molecule has 0 unspecified atom stereocenters. The highest BCUT2D eigenvalue weighted by Gasteiger charge is 2.22. The third-order valence-corrected chi connectivity index (χ3v) is 4.44. The van der Waals surface area contributed by atoms with Crippen molar-refractivity contribution in [3.8, 4) is 5.75 Å². The molecule has 0 saturated heterocycles. The molecular formula is C21H22N2O4. The Bertz CT molecular complexity index is 985. The highest BCUT2D eigenvalue weighted by Crippen LogP contribution is 2.36. The lowest BCUT2D eigenvalue weighted by molar-refractivity contribution is 0.0696. The van der Waals surface area contributed by atoms with Crippen LogP contribution in [-0.4, -0.2) is 36.9 Å². The van der Waals surface area contributed by atoms with Crippen LogP contribution < -0.4 is 10.1 Å². The van der Waals surface area contributed by atoms with Gasteiger partial charge in [0.25, 0.3) is 0 Å². The van der Waals surface area contributed by atoms with Crippen LogP contribution in [0.5, 0.6) is 5.75 Å². The summed E-state index contributed by atoms with van der Waals surface area (Å²) in [6, 6.07) is 13.2. The molecule has 3 aromatic rings. The van der Waals surface area contributed by atoms with E-state index >= 15 is 0 Å². The number of ether oxygens (including phenoxy) is 2. The number of hydrogen-bond donors (Lipinski definition) is 2. The summed E-state index contributed by atoms with van der Waals surface area (Å²) in [5, 5.41) is 13.9. The van der Waals surface area contributed by atoms with Gasteiger partial charge in [0.1, 0.15) is 16.8 Å². The van der Waals surface area contributed by atoms with Crippen molar-refractivity contribution in [1.29, 1.82) is 0 Å². The zero-order valence-corrected chi connectivity index (χ0v) is 15.6. The van der Waals surface area contributed by atoms with Crippen LogP contribution in [0.1, 0.15) is 21.6 Å². The first kappa shape index (κ1) is 18.7. The number of hydrogen-bond acceptors (Lipinski definition) is 5. The number of nitrogens with zero attached hydrogens (tertiary/aromatic N) is 1. The van der Waals surface area contributed by atoms with Gasteiger partial charge in [-0.1, -0.05) is 30.3 Å². The van der Waals surface area contributed by atoms with Crippen molar-refractivity contribution < 1.29 is 19.4 Å². The second-order valence-corrected chi connectivity index (χ2v) is 6.15. The lowest BCUT2D eigenvalue weighted by Crippen LogP contribution is -2.12. The fourth-order valence-corrected chi connectivity index (χ4v) is 3.06. The molecule has 0 aliphatic carbocycles. The Kier molecular flexibility index (Phi) is 5.57. The topological polar surface area (TPSA) is 80.7 Å². The van der Waals surface area contributed by atoms with Crippen LogP contribution in [0, 0.1) is 6.92 Å². The number of carbonyl (C=O) groups is 1. The molecule has 0 amide bonds. The molecule has 0 atom stereocenters. The van der Waals surface area contributed by atoms with Gasteiger partial charge in [0.05, 0.1) is 25.1 Å². The van der Waals surface area contributed by atoms with Crippen LogP contribution >= 0.6 is 0 Å². The van der Waals surface area contributed by atoms with Crippen LogP contribution in [-0.2, 0) is 11.2 Å². The number of benzene rings is 2. The first-order valence-electron chi connectivity index (χ1n) is 8.61. The number of rotatable bonds is 7. The van der Waals surface area contributed by atoms with Gasteiger partial charge >= 0.3 is 5.97 Å². The van der Waals surface area contributed by atoms with Gasteiger partial charge in [-0.25, -0.2) is 9.78 Å². The van der Waals surface area contributed by atoms with E-state index in [9.17, 15) is 9.90 Å². The lowest BCUT2D eigenvalue weighted by atomic mass is 10.0. The molecule has 0 radical (unpaired) electrons. The molecule has 0 bridgehead atoms. The predicted molar refractivity (Wildman–Crippen MR) is 105 cm³/mol. The van der Waals surface area contributed by atoms with E-state index in [0.717, 1.165) is 11.3 Å². The molecule has 140 valence electrons. The van der Waals surface area contributed by atoms with Gasteiger partial charge in [-0.3, -0.25) is 0 Å². The van der Waals surface area contributed by atoms with Crippen molar-refractivity contribution >= 4 is 28.2 Å². The maximum Gasteiger partial charge on any atom is 0.339 e. The molecule has 6 heteroatoms. The van der Waals surface area contributed by atoms with E-state index in [1.165, 1.54) is 0 Å². The van der Waals surface area contributed by atoms with Gasteiger partial charge < -0.3 is 19.9 Å². The molecule has 2 aromatic carbocycles. The molecule has 6 nitrogen and oxygen atoms in total. The van der Waals surface area contributed by atoms with Crippen LogP contribution in [0.2, 0.25) is 0 Å². The second-order valence-electron chi connectivity index (χ2n) is 6.15. The summed E-state index contributed by atoms with van der Waals surface area (Å²) in [5.41, 5.74) is 3.58. The van der Waals surface area contributed by atoms with Crippen LogP contribution in [0.15, 0.2) is 42.5 Å². The van der Waals surface area contributed by atoms with E-state index in [1.807, 2.05) is 49.4 Å². The van der Waals surface area contributed by atoms with E-state index in [4.69, 9.17) is 9.47 Å². The van der Waals surface area contributed by atoms with Gasteiger partial charge in [0.15, 0.2) is 0 Å². The summed E-state index contributed by atoms with van der Waals surface area (Å²) in [7, 11) is 3.15. The average Bonchev–Trinajstić information content (AvgIpc) is 2.67. The smallest absolute Gasteiger partial charge is 0.339 e. The Morgan fingerprint density at radius 1 is 1.15 bits per heavy atom. The summed E-state index contributed by atoms with van der Waals surface area (Å²) < 4.78 is 10.6. The van der Waals surface area contributed by atoms with E-state index in [0.29, 0.717) is 41.1 Å². The number of fused-ring (bicyclic) bond motifs is 1. The van der Waals surface area contributed by atoms with Crippen molar-refractivity contribution in [2.24, 2.45) is 0 Å². The van der Waals surface area contributed by atoms with Crippen LogP contribution in [0.3, 0.4) is 0 Å². The van der Waals surface area contributed by atoms with E-state index < -0.39 is 5.97 Å². The second kappa shape index (κ2) is 8.05. The molecule has 1 heterocycles. The molecule has 0 saturated carbocycles.